The summed E-state index contributed by atoms with van der Waals surface area (Å²) in [6.07, 6.45) is -4.40. The second kappa shape index (κ2) is 7.44. The van der Waals surface area contributed by atoms with Gasteiger partial charge < -0.3 is 5.73 Å². The van der Waals surface area contributed by atoms with Gasteiger partial charge >= 0.3 is 6.18 Å². The van der Waals surface area contributed by atoms with Crippen LogP contribution in [0.25, 0.3) is 0 Å². The van der Waals surface area contributed by atoms with E-state index in [4.69, 9.17) is 5.73 Å². The molecule has 8 heteroatoms. The van der Waals surface area contributed by atoms with E-state index in [0.29, 0.717) is 19.4 Å². The molecule has 0 rings (SSSR count). The minimum atomic E-state index is -4.32. The second-order valence-corrected chi connectivity index (χ2v) is 6.70. The van der Waals surface area contributed by atoms with Crippen molar-refractivity contribution in [1.29, 1.82) is 0 Å². The monoisotopic (exact) mass is 304 g/mol. The van der Waals surface area contributed by atoms with Gasteiger partial charge in [-0.1, -0.05) is 13.8 Å². The van der Waals surface area contributed by atoms with Crippen LogP contribution in [0, 0.1) is 5.41 Å². The number of nitrogens with two attached hydrogens (primary N) is 1. The minimum absolute atomic E-state index is 0.171. The van der Waals surface area contributed by atoms with Crippen LogP contribution in [0.1, 0.15) is 39.5 Å². The van der Waals surface area contributed by atoms with E-state index in [-0.39, 0.29) is 12.0 Å². The number of alkyl halides is 3. The van der Waals surface area contributed by atoms with E-state index in [9.17, 15) is 21.6 Å². The van der Waals surface area contributed by atoms with E-state index in [1.54, 1.807) is 0 Å². The maximum Gasteiger partial charge on any atom is 0.389 e. The molecular formula is C11H23F3N2O2S. The summed E-state index contributed by atoms with van der Waals surface area (Å²) in [4.78, 5) is 0. The lowest BCUT2D eigenvalue weighted by molar-refractivity contribution is -0.134. The predicted octanol–water partition coefficient (Wildman–Crippen LogP) is 2.01. The highest BCUT2D eigenvalue weighted by Crippen LogP contribution is 2.24. The average Bonchev–Trinajstić information content (AvgIpc) is 2.29. The second-order valence-electron chi connectivity index (χ2n) is 4.77. The lowest BCUT2D eigenvalue weighted by Gasteiger charge is -2.30. The molecule has 0 atom stereocenters. The molecule has 0 bridgehead atoms. The predicted molar refractivity (Wildman–Crippen MR) is 69.1 cm³/mol. The third kappa shape index (κ3) is 7.74. The van der Waals surface area contributed by atoms with Gasteiger partial charge in [-0.15, -0.1) is 0 Å². The molecule has 4 nitrogen and oxygen atoms in total. The smallest absolute Gasteiger partial charge is 0.330 e. The largest absolute Gasteiger partial charge is 0.389 e. The van der Waals surface area contributed by atoms with Crippen LogP contribution in [-0.4, -0.2) is 33.4 Å². The zero-order chi connectivity index (χ0) is 15.2. The van der Waals surface area contributed by atoms with Gasteiger partial charge in [0, 0.05) is 13.0 Å². The van der Waals surface area contributed by atoms with Crippen LogP contribution in [0.5, 0.6) is 0 Å². The van der Waals surface area contributed by atoms with Crippen molar-refractivity contribution in [2.45, 2.75) is 45.7 Å². The molecule has 116 valence electrons. The molecule has 0 saturated heterocycles. The fourth-order valence-electron chi connectivity index (χ4n) is 1.66. The Morgan fingerprint density at radius 2 is 1.68 bits per heavy atom. The Hall–Kier alpha value is -0.340. The highest BCUT2D eigenvalue weighted by molar-refractivity contribution is 7.89. The Bertz CT molecular complexity index is 343. The third-order valence-electron chi connectivity index (χ3n) is 3.47. The minimum Gasteiger partial charge on any atom is -0.330 e. The highest BCUT2D eigenvalue weighted by Gasteiger charge is 2.29. The standard InChI is InChI=1S/C11H23F3N2O2S/c1-3-10(4-2,8-15)9-16-19(17,18)7-5-6-11(12,13)14/h16H,3-9,15H2,1-2H3. The van der Waals surface area contributed by atoms with E-state index >= 15 is 0 Å². The first kappa shape index (κ1) is 18.7. The van der Waals surface area contributed by atoms with Gasteiger partial charge in [-0.3, -0.25) is 0 Å². The number of hydrogen-bond acceptors (Lipinski definition) is 3. The first-order valence-electron chi connectivity index (χ1n) is 6.34. The van der Waals surface area contributed by atoms with Gasteiger partial charge in [0.25, 0.3) is 0 Å². The molecular weight excluding hydrogens is 281 g/mol. The average molecular weight is 304 g/mol. The normalized spacial score (nSPS) is 13.8. The van der Waals surface area contributed by atoms with E-state index in [1.165, 1.54) is 0 Å². The zero-order valence-electron chi connectivity index (χ0n) is 11.4. The van der Waals surface area contributed by atoms with Gasteiger partial charge in [0.2, 0.25) is 10.0 Å². The van der Waals surface area contributed by atoms with Crippen LogP contribution in [0.15, 0.2) is 0 Å². The number of hydrogen-bond donors (Lipinski definition) is 2. The van der Waals surface area contributed by atoms with Crippen molar-refractivity contribution in [3.05, 3.63) is 0 Å². The molecule has 0 aliphatic rings. The fraction of sp³-hybridized carbons (Fsp3) is 1.00. The molecule has 3 N–H and O–H groups in total. The fourth-order valence-corrected chi connectivity index (χ4v) is 2.85. The Labute approximate surface area is 113 Å². The van der Waals surface area contributed by atoms with E-state index in [2.05, 4.69) is 4.72 Å². The number of rotatable bonds is 9. The van der Waals surface area contributed by atoms with Crippen LogP contribution in [0.3, 0.4) is 0 Å². The third-order valence-corrected chi connectivity index (χ3v) is 4.88. The zero-order valence-corrected chi connectivity index (χ0v) is 12.2. The first-order valence-corrected chi connectivity index (χ1v) is 7.99. The maximum atomic E-state index is 11.9. The van der Waals surface area contributed by atoms with Crippen LogP contribution >= 0.6 is 0 Å². The van der Waals surface area contributed by atoms with Crippen molar-refractivity contribution >= 4 is 10.0 Å². The van der Waals surface area contributed by atoms with Crippen LogP contribution in [0.4, 0.5) is 13.2 Å². The molecule has 0 spiro atoms. The van der Waals surface area contributed by atoms with E-state index in [1.807, 2.05) is 13.8 Å². The van der Waals surface area contributed by atoms with Crippen LogP contribution in [-0.2, 0) is 10.0 Å². The van der Waals surface area contributed by atoms with Gasteiger partial charge in [-0.2, -0.15) is 13.2 Å². The van der Waals surface area contributed by atoms with Crippen molar-refractivity contribution in [2.24, 2.45) is 11.1 Å². The molecule has 0 unspecified atom stereocenters. The Morgan fingerprint density at radius 1 is 1.16 bits per heavy atom. The molecule has 0 aromatic heterocycles. The summed E-state index contributed by atoms with van der Waals surface area (Å²) >= 11 is 0. The van der Waals surface area contributed by atoms with Gasteiger partial charge in [-0.25, -0.2) is 13.1 Å². The summed E-state index contributed by atoms with van der Waals surface area (Å²) < 4.78 is 61.4. The Balaban J connectivity index is 4.31. The van der Waals surface area contributed by atoms with Gasteiger partial charge in [0.15, 0.2) is 0 Å². The summed E-state index contributed by atoms with van der Waals surface area (Å²) in [5.41, 5.74) is 5.31. The SMILES string of the molecule is CCC(CC)(CN)CNS(=O)(=O)CCCC(F)(F)F. The first-order chi connectivity index (χ1) is 8.60. The molecule has 0 aliphatic carbocycles. The van der Waals surface area contributed by atoms with Crippen molar-refractivity contribution in [1.82, 2.24) is 4.72 Å². The van der Waals surface area contributed by atoms with Crippen molar-refractivity contribution < 1.29 is 21.6 Å². The number of nitrogens with one attached hydrogen (secondary N) is 1. The Morgan fingerprint density at radius 3 is 2.05 bits per heavy atom. The molecule has 0 fully saturated rings. The lowest BCUT2D eigenvalue weighted by atomic mass is 9.83. The molecule has 19 heavy (non-hydrogen) atoms. The maximum absolute atomic E-state index is 11.9. The summed E-state index contributed by atoms with van der Waals surface area (Å²) in [6.45, 7) is 4.33. The molecule has 0 aromatic carbocycles. The van der Waals surface area contributed by atoms with Crippen LogP contribution < -0.4 is 10.5 Å². The molecule has 0 radical (unpaired) electrons. The van der Waals surface area contributed by atoms with Crippen LogP contribution in [0.2, 0.25) is 0 Å². The Kier molecular flexibility index (Phi) is 7.31. The number of sulfonamides is 1. The summed E-state index contributed by atoms with van der Waals surface area (Å²) in [5.74, 6) is -0.513. The quantitative estimate of drug-likeness (QED) is 0.684. The molecule has 0 aliphatic heterocycles. The highest BCUT2D eigenvalue weighted by atomic mass is 32.2. The molecule has 0 heterocycles. The van der Waals surface area contributed by atoms with Crippen molar-refractivity contribution in [3.63, 3.8) is 0 Å². The van der Waals surface area contributed by atoms with E-state index < -0.39 is 34.8 Å². The van der Waals surface area contributed by atoms with Gasteiger partial charge in [0.05, 0.1) is 5.75 Å². The molecule has 0 saturated carbocycles. The summed E-state index contributed by atoms with van der Waals surface area (Å²) in [6, 6.07) is 0. The van der Waals surface area contributed by atoms with Gasteiger partial charge in [-0.05, 0) is 31.2 Å². The summed E-state index contributed by atoms with van der Waals surface area (Å²) in [5, 5.41) is 0. The molecule has 0 aromatic rings. The lowest BCUT2D eigenvalue weighted by Crippen LogP contribution is -2.42. The van der Waals surface area contributed by atoms with Gasteiger partial charge in [0.1, 0.15) is 0 Å². The number of halogens is 3. The van der Waals surface area contributed by atoms with Crippen molar-refractivity contribution in [2.75, 3.05) is 18.8 Å². The molecule has 0 amide bonds. The van der Waals surface area contributed by atoms with E-state index in [0.717, 1.165) is 0 Å². The van der Waals surface area contributed by atoms with Crippen molar-refractivity contribution in [3.8, 4) is 0 Å². The topological polar surface area (TPSA) is 72.2 Å². The summed E-state index contributed by atoms with van der Waals surface area (Å²) in [7, 11) is -3.67.